The van der Waals surface area contributed by atoms with Gasteiger partial charge in [-0.2, -0.15) is 0 Å². The number of hydroxylamine groups is 1. The molecular weight excluding hydrogens is 569 g/mol. The van der Waals surface area contributed by atoms with E-state index in [1.165, 1.54) is 36.2 Å². The van der Waals surface area contributed by atoms with Crippen molar-refractivity contribution in [2.24, 2.45) is 0 Å². The molecule has 1 aromatic carbocycles. The van der Waals surface area contributed by atoms with Crippen molar-refractivity contribution in [1.82, 2.24) is 20.0 Å². The van der Waals surface area contributed by atoms with Crippen molar-refractivity contribution >= 4 is 59.3 Å². The topological polar surface area (TPSA) is 192 Å². The lowest BCUT2D eigenvalue weighted by atomic mass is 9.86. The Morgan fingerprint density at radius 1 is 1.31 bits per heavy atom. The van der Waals surface area contributed by atoms with E-state index in [1.807, 2.05) is 0 Å². The Bertz CT molecular complexity index is 1480. The number of carboxylic acid groups (broad SMARTS) is 1. The van der Waals surface area contributed by atoms with Gasteiger partial charge in [0.1, 0.15) is 5.70 Å². The molecule has 0 bridgehead atoms. The monoisotopic (exact) mass is 593 g/mol. The fourth-order valence-electron chi connectivity index (χ4n) is 5.23. The second kappa shape index (κ2) is 9.45. The highest BCUT2D eigenvalue weighted by Gasteiger charge is 2.72. The zero-order chi connectivity index (χ0) is 28.3. The van der Waals surface area contributed by atoms with Crippen molar-refractivity contribution in [3.8, 4) is 0 Å². The molecule has 39 heavy (non-hydrogen) atoms. The molecule has 13 nitrogen and oxygen atoms in total. The molecule has 2 amide bonds. The van der Waals surface area contributed by atoms with Crippen LogP contribution in [0.3, 0.4) is 0 Å². The lowest BCUT2D eigenvalue weighted by molar-refractivity contribution is -0.169. The number of ether oxygens (including phenoxy) is 1. The summed E-state index contributed by atoms with van der Waals surface area (Å²) in [6, 6.07) is 7.95. The maximum atomic E-state index is 15.2. The normalized spacial score (nSPS) is 30.8. The summed E-state index contributed by atoms with van der Waals surface area (Å²) >= 11 is 2.16. The van der Waals surface area contributed by atoms with E-state index in [1.54, 1.807) is 18.2 Å². The number of rotatable bonds is 6. The molecule has 1 aromatic heterocycles. The van der Waals surface area contributed by atoms with E-state index in [4.69, 9.17) is 10.5 Å². The van der Waals surface area contributed by atoms with Crippen molar-refractivity contribution in [2.45, 2.75) is 36.6 Å². The molecule has 4 atom stereocenters. The third-order valence-electron chi connectivity index (χ3n) is 6.98. The predicted octanol–water partition coefficient (Wildman–Crippen LogP) is 1.95. The number of carbonyl (C=O) groups is 4. The van der Waals surface area contributed by atoms with Crippen LogP contribution in [0.1, 0.15) is 31.5 Å². The number of benzene rings is 1. The van der Waals surface area contributed by atoms with Gasteiger partial charge in [-0.15, -0.1) is 27.9 Å². The molecule has 0 aliphatic carbocycles. The number of nitrogens with one attached hydrogen (secondary N) is 1. The third kappa shape index (κ3) is 3.68. The highest BCUT2D eigenvalue weighted by molar-refractivity contribution is 8.00. The summed E-state index contributed by atoms with van der Waals surface area (Å²) < 4.78 is 20.8. The molecular formula is C23H24N5O8PS2. The van der Waals surface area contributed by atoms with Crippen LogP contribution in [0, 0.1) is 0 Å². The number of amides is 2. The number of carbonyl (C=O) groups excluding carboxylic acids is 3. The Balaban J connectivity index is 1.83. The summed E-state index contributed by atoms with van der Waals surface area (Å²) in [5.74, 6) is -4.18. The maximum absolute atomic E-state index is 15.2. The number of thioether (sulfide) groups is 1. The van der Waals surface area contributed by atoms with Gasteiger partial charge in [-0.05, 0) is 5.56 Å². The van der Waals surface area contributed by atoms with Crippen LogP contribution in [0.2, 0.25) is 0 Å². The summed E-state index contributed by atoms with van der Waals surface area (Å²) in [7, 11) is -4.58. The SMILES string of the molecule is CCP1(=O)N(O)C(c2ccccc2)(c2csc(N)n2)C(=O)NC1(OC(C)=O)C1=C(C(=O)O)N2C(=O)C[C@H]2SC1. The van der Waals surface area contributed by atoms with Crippen LogP contribution in [0.15, 0.2) is 47.0 Å². The standard InChI is InChI=1S/C23H24N5O8PS2/c1-3-37(35)23(36-12(2)29,14-10-38-17-9-16(30)27(17)18(14)19(31)32)26-20(33)22(28(37)34,13-7-5-4-6-8-13)15-11-39-21(24)25-15/h4-8,11,17,34H,3,9-10H2,1-2H3,(H2,24,25)(H,26,33)(H,31,32)/t17-,22?,23?,37?/m1/s1. The molecule has 4 heterocycles. The number of hydrogen-bond donors (Lipinski definition) is 4. The first kappa shape index (κ1) is 27.3. The maximum Gasteiger partial charge on any atom is 0.352 e. The van der Waals surface area contributed by atoms with Crippen LogP contribution in [0.4, 0.5) is 5.13 Å². The van der Waals surface area contributed by atoms with Crippen molar-refractivity contribution in [3.63, 3.8) is 0 Å². The Labute approximate surface area is 230 Å². The van der Waals surface area contributed by atoms with Gasteiger partial charge in [0.15, 0.2) is 10.7 Å². The average molecular weight is 594 g/mol. The first-order valence-electron chi connectivity index (χ1n) is 11.7. The van der Waals surface area contributed by atoms with Crippen LogP contribution in [0.5, 0.6) is 0 Å². The van der Waals surface area contributed by atoms with Gasteiger partial charge in [0.2, 0.25) is 13.2 Å². The molecule has 0 radical (unpaired) electrons. The molecule has 2 aromatic rings. The van der Waals surface area contributed by atoms with Crippen molar-refractivity contribution in [3.05, 3.63) is 58.2 Å². The first-order valence-corrected chi connectivity index (χ1v) is 15.5. The van der Waals surface area contributed by atoms with Crippen LogP contribution in [-0.4, -0.2) is 71.5 Å². The Kier molecular flexibility index (Phi) is 6.63. The average Bonchev–Trinajstić information content (AvgIpc) is 3.32. The lowest BCUT2D eigenvalue weighted by Crippen LogP contribution is -2.71. The quantitative estimate of drug-likeness (QED) is 0.216. The highest BCUT2D eigenvalue weighted by Crippen LogP contribution is 2.70. The zero-order valence-electron chi connectivity index (χ0n) is 20.7. The van der Waals surface area contributed by atoms with Gasteiger partial charge in [-0.25, -0.2) is 9.78 Å². The number of hydrogen-bond acceptors (Lipinski definition) is 11. The summed E-state index contributed by atoms with van der Waals surface area (Å²) in [5.41, 5.74) is 0.373. The summed E-state index contributed by atoms with van der Waals surface area (Å²) in [5, 5.41) is 25.8. The molecule has 2 saturated heterocycles. The second-order valence-corrected chi connectivity index (χ2v) is 14.1. The van der Waals surface area contributed by atoms with Gasteiger partial charge >= 0.3 is 11.9 Å². The van der Waals surface area contributed by atoms with Crippen LogP contribution >= 0.6 is 30.4 Å². The summed E-state index contributed by atoms with van der Waals surface area (Å²) in [4.78, 5) is 57.4. The van der Waals surface area contributed by atoms with E-state index in [0.29, 0.717) is 4.83 Å². The minimum Gasteiger partial charge on any atom is -0.477 e. The molecule has 206 valence electrons. The number of aliphatic carboxylic acids is 1. The van der Waals surface area contributed by atoms with Gasteiger partial charge in [0.05, 0.1) is 17.5 Å². The van der Waals surface area contributed by atoms with E-state index in [2.05, 4.69) is 10.3 Å². The van der Waals surface area contributed by atoms with E-state index >= 15 is 4.57 Å². The number of fused-ring (bicyclic) bond motifs is 1. The van der Waals surface area contributed by atoms with Crippen molar-refractivity contribution < 1.29 is 38.8 Å². The van der Waals surface area contributed by atoms with Crippen LogP contribution in [-0.2, 0) is 34.0 Å². The molecule has 0 spiro atoms. The number of β-lactam (4-membered cyclic amide) rings is 1. The Morgan fingerprint density at radius 2 is 2.00 bits per heavy atom. The molecule has 3 aliphatic heterocycles. The van der Waals surface area contributed by atoms with Gasteiger partial charge in [-0.1, -0.05) is 37.3 Å². The minimum absolute atomic E-state index is 0.0373. The smallest absolute Gasteiger partial charge is 0.352 e. The highest BCUT2D eigenvalue weighted by atomic mass is 32.2. The van der Waals surface area contributed by atoms with Gasteiger partial charge in [0, 0.05) is 29.8 Å². The minimum atomic E-state index is -4.58. The molecule has 3 aliphatic rings. The molecule has 0 saturated carbocycles. The van der Waals surface area contributed by atoms with E-state index in [0.717, 1.165) is 23.2 Å². The van der Waals surface area contributed by atoms with E-state index in [9.17, 15) is 29.5 Å². The fourth-order valence-corrected chi connectivity index (χ4v) is 10.2. The largest absolute Gasteiger partial charge is 0.477 e. The number of nitrogen functional groups attached to an aromatic ring is 1. The first-order chi connectivity index (χ1) is 18.4. The van der Waals surface area contributed by atoms with E-state index < -0.39 is 53.1 Å². The third-order valence-corrected chi connectivity index (χ3v) is 12.1. The lowest BCUT2D eigenvalue weighted by Gasteiger charge is -2.55. The zero-order valence-corrected chi connectivity index (χ0v) is 23.2. The van der Waals surface area contributed by atoms with E-state index in [-0.39, 0.29) is 40.3 Å². The predicted molar refractivity (Wildman–Crippen MR) is 141 cm³/mol. The summed E-state index contributed by atoms with van der Waals surface area (Å²) in [6.45, 7) is 2.45. The number of nitrogens with two attached hydrogens (primary N) is 1. The van der Waals surface area contributed by atoms with Gasteiger partial charge in [-0.3, -0.25) is 23.8 Å². The number of thiazole rings is 1. The second-order valence-electron chi connectivity index (χ2n) is 9.01. The number of aromatic nitrogens is 1. The Hall–Kier alpha value is -3.23. The van der Waals surface area contributed by atoms with Gasteiger partial charge < -0.3 is 26.1 Å². The number of nitrogens with zero attached hydrogens (tertiary/aromatic N) is 3. The molecule has 5 N–H and O–H groups in total. The van der Waals surface area contributed by atoms with Crippen LogP contribution < -0.4 is 11.1 Å². The Morgan fingerprint density at radius 3 is 2.54 bits per heavy atom. The number of carboxylic acids is 1. The number of esters is 1. The summed E-state index contributed by atoms with van der Waals surface area (Å²) in [6.07, 6.45) is -0.286. The van der Waals surface area contributed by atoms with Gasteiger partial charge in [0.25, 0.3) is 11.4 Å². The van der Waals surface area contributed by atoms with Crippen LogP contribution in [0.25, 0.3) is 0 Å². The molecule has 2 fully saturated rings. The van der Waals surface area contributed by atoms with Crippen molar-refractivity contribution in [2.75, 3.05) is 17.6 Å². The fraction of sp³-hybridized carbons (Fsp3) is 0.348. The molecule has 16 heteroatoms. The molecule has 3 unspecified atom stereocenters. The van der Waals surface area contributed by atoms with Crippen molar-refractivity contribution in [1.29, 1.82) is 0 Å². The molecule has 5 rings (SSSR count). The number of anilines is 1.